The Morgan fingerprint density at radius 2 is 2.06 bits per heavy atom. The molecule has 1 aromatic carbocycles. The highest BCUT2D eigenvalue weighted by Crippen LogP contribution is 2.26. The Labute approximate surface area is 105 Å². The lowest BCUT2D eigenvalue weighted by Gasteiger charge is -2.33. The molecule has 1 atom stereocenters. The topological polar surface area (TPSA) is 15.3 Å². The molecule has 0 amide bonds. The summed E-state index contributed by atoms with van der Waals surface area (Å²) in [4.78, 5) is 1.96. The number of nitrogens with one attached hydrogen (secondary N) is 1. The first-order valence-corrected chi connectivity index (χ1v) is 6.06. The first-order chi connectivity index (χ1) is 8.22. The maximum Gasteiger partial charge on any atom is 0.129 e. The number of hydrogen-bond acceptors (Lipinski definition) is 2. The second-order valence-electron chi connectivity index (χ2n) is 4.12. The minimum Gasteiger partial charge on any atom is -0.314 e. The Morgan fingerprint density at radius 1 is 1.35 bits per heavy atom. The molecule has 0 aromatic heterocycles. The molecule has 1 heterocycles. The van der Waals surface area contributed by atoms with Crippen molar-refractivity contribution in [1.29, 1.82) is 0 Å². The van der Waals surface area contributed by atoms with Crippen LogP contribution in [0.25, 0.3) is 0 Å². The standard InChI is InChI=1S/C12H15ClF2N2/c13-9-1-2-10(11(15)7-9)12(8-14)17-5-3-16-4-6-17/h1-2,7,12,16H,3-6,8H2/t12-/m0/s1. The molecule has 1 N–H and O–H groups in total. The van der Waals surface area contributed by atoms with Gasteiger partial charge in [-0.2, -0.15) is 0 Å². The number of benzene rings is 1. The molecule has 5 heteroatoms. The number of hydrogen-bond donors (Lipinski definition) is 1. The summed E-state index contributed by atoms with van der Waals surface area (Å²) in [5, 5.41) is 3.53. The lowest BCUT2D eigenvalue weighted by Crippen LogP contribution is -2.45. The lowest BCUT2D eigenvalue weighted by molar-refractivity contribution is 0.144. The molecule has 1 fully saturated rings. The molecule has 17 heavy (non-hydrogen) atoms. The van der Waals surface area contributed by atoms with Crippen molar-refractivity contribution in [2.45, 2.75) is 6.04 Å². The summed E-state index contributed by atoms with van der Waals surface area (Å²) in [6.07, 6.45) is 0. The van der Waals surface area contributed by atoms with Crippen molar-refractivity contribution >= 4 is 11.6 Å². The van der Waals surface area contributed by atoms with E-state index in [4.69, 9.17) is 11.6 Å². The minimum absolute atomic E-state index is 0.337. The highest BCUT2D eigenvalue weighted by molar-refractivity contribution is 6.30. The molecule has 0 radical (unpaired) electrons. The minimum atomic E-state index is -0.585. The zero-order valence-electron chi connectivity index (χ0n) is 9.43. The van der Waals surface area contributed by atoms with Gasteiger partial charge in [-0.05, 0) is 12.1 Å². The van der Waals surface area contributed by atoms with Crippen LogP contribution in [-0.2, 0) is 0 Å². The van der Waals surface area contributed by atoms with Crippen LogP contribution in [0.15, 0.2) is 18.2 Å². The normalized spacial score (nSPS) is 19.2. The summed E-state index contributed by atoms with van der Waals surface area (Å²) < 4.78 is 26.9. The van der Waals surface area contributed by atoms with Gasteiger partial charge in [0, 0.05) is 36.8 Å². The van der Waals surface area contributed by atoms with Crippen molar-refractivity contribution in [3.63, 3.8) is 0 Å². The summed E-state index contributed by atoms with van der Waals surface area (Å²) in [6.45, 7) is 2.50. The van der Waals surface area contributed by atoms with E-state index in [9.17, 15) is 8.78 Å². The van der Waals surface area contributed by atoms with E-state index in [0.717, 1.165) is 26.2 Å². The van der Waals surface area contributed by atoms with Crippen LogP contribution in [0.3, 0.4) is 0 Å². The van der Waals surface area contributed by atoms with Crippen LogP contribution in [0.4, 0.5) is 8.78 Å². The Kier molecular flexibility index (Phi) is 4.31. The molecular formula is C12H15ClF2N2. The summed E-state index contributed by atoms with van der Waals surface area (Å²) in [5.74, 6) is -0.432. The van der Waals surface area contributed by atoms with Gasteiger partial charge in [-0.25, -0.2) is 8.78 Å². The highest BCUT2D eigenvalue weighted by Gasteiger charge is 2.24. The van der Waals surface area contributed by atoms with Crippen LogP contribution in [0.5, 0.6) is 0 Å². The molecule has 2 rings (SSSR count). The second-order valence-corrected chi connectivity index (χ2v) is 4.56. The van der Waals surface area contributed by atoms with Gasteiger partial charge < -0.3 is 5.32 Å². The van der Waals surface area contributed by atoms with Gasteiger partial charge in [0.25, 0.3) is 0 Å². The average Bonchev–Trinajstić information content (AvgIpc) is 2.34. The van der Waals surface area contributed by atoms with E-state index in [-0.39, 0.29) is 0 Å². The number of nitrogens with zero attached hydrogens (tertiary/aromatic N) is 1. The fourth-order valence-electron chi connectivity index (χ4n) is 2.14. The SMILES string of the molecule is FC[C@@H](c1ccc(Cl)cc1F)N1CCNCC1. The Hall–Kier alpha value is -0.710. The number of rotatable bonds is 3. The van der Waals surface area contributed by atoms with Gasteiger partial charge in [-0.1, -0.05) is 17.7 Å². The van der Waals surface area contributed by atoms with E-state index in [1.807, 2.05) is 4.90 Å². The van der Waals surface area contributed by atoms with Crippen LogP contribution < -0.4 is 5.32 Å². The van der Waals surface area contributed by atoms with E-state index in [2.05, 4.69) is 5.32 Å². The van der Waals surface area contributed by atoms with Crippen LogP contribution in [0, 0.1) is 5.82 Å². The van der Waals surface area contributed by atoms with Gasteiger partial charge in [-0.3, -0.25) is 4.90 Å². The molecule has 2 nitrogen and oxygen atoms in total. The van der Waals surface area contributed by atoms with E-state index in [1.165, 1.54) is 6.07 Å². The first-order valence-electron chi connectivity index (χ1n) is 5.68. The molecule has 94 valence electrons. The lowest BCUT2D eigenvalue weighted by atomic mass is 10.0. The molecule has 1 saturated heterocycles. The second kappa shape index (κ2) is 5.76. The largest absolute Gasteiger partial charge is 0.314 e. The zero-order valence-corrected chi connectivity index (χ0v) is 10.2. The number of alkyl halides is 1. The van der Waals surface area contributed by atoms with Crippen molar-refractivity contribution in [3.8, 4) is 0 Å². The third kappa shape index (κ3) is 2.94. The van der Waals surface area contributed by atoms with Gasteiger partial charge >= 0.3 is 0 Å². The van der Waals surface area contributed by atoms with E-state index < -0.39 is 18.5 Å². The van der Waals surface area contributed by atoms with Crippen molar-refractivity contribution in [2.24, 2.45) is 0 Å². The monoisotopic (exact) mass is 260 g/mol. The quantitative estimate of drug-likeness (QED) is 0.898. The molecule has 1 aromatic rings. The Bertz CT molecular complexity index is 381. The van der Waals surface area contributed by atoms with E-state index in [0.29, 0.717) is 10.6 Å². The third-order valence-electron chi connectivity index (χ3n) is 3.06. The molecular weight excluding hydrogens is 246 g/mol. The molecule has 1 aliphatic rings. The van der Waals surface area contributed by atoms with Gasteiger partial charge in [0.1, 0.15) is 12.5 Å². The Balaban J connectivity index is 2.21. The van der Waals surface area contributed by atoms with Crippen molar-refractivity contribution < 1.29 is 8.78 Å². The molecule has 1 aliphatic heterocycles. The Morgan fingerprint density at radius 3 is 2.65 bits per heavy atom. The smallest absolute Gasteiger partial charge is 0.129 e. The van der Waals surface area contributed by atoms with Gasteiger partial charge in [0.2, 0.25) is 0 Å². The summed E-state index contributed by atoms with van der Waals surface area (Å²) >= 11 is 5.69. The van der Waals surface area contributed by atoms with Crippen LogP contribution in [-0.4, -0.2) is 37.8 Å². The van der Waals surface area contributed by atoms with Crippen LogP contribution in [0.2, 0.25) is 5.02 Å². The molecule has 0 aliphatic carbocycles. The van der Waals surface area contributed by atoms with Gasteiger partial charge in [0.15, 0.2) is 0 Å². The summed E-state index contributed by atoms with van der Waals surface area (Å²) in [5.41, 5.74) is 0.388. The summed E-state index contributed by atoms with van der Waals surface area (Å²) in [6, 6.07) is 3.91. The van der Waals surface area contributed by atoms with Crippen LogP contribution in [0.1, 0.15) is 11.6 Å². The highest BCUT2D eigenvalue weighted by atomic mass is 35.5. The fraction of sp³-hybridized carbons (Fsp3) is 0.500. The number of halogens is 3. The van der Waals surface area contributed by atoms with E-state index >= 15 is 0 Å². The maximum atomic E-state index is 13.7. The summed E-state index contributed by atoms with van der Waals surface area (Å²) in [7, 11) is 0. The average molecular weight is 261 g/mol. The van der Waals surface area contributed by atoms with E-state index in [1.54, 1.807) is 12.1 Å². The predicted octanol–water partition coefficient (Wildman–Crippen LogP) is 2.39. The maximum absolute atomic E-state index is 13.7. The predicted molar refractivity (Wildman–Crippen MR) is 64.6 cm³/mol. The molecule has 0 saturated carbocycles. The number of piperazine rings is 1. The van der Waals surface area contributed by atoms with Crippen molar-refractivity contribution in [1.82, 2.24) is 10.2 Å². The van der Waals surface area contributed by atoms with Crippen molar-refractivity contribution in [3.05, 3.63) is 34.6 Å². The molecule has 0 bridgehead atoms. The van der Waals surface area contributed by atoms with Crippen molar-refractivity contribution in [2.75, 3.05) is 32.9 Å². The molecule has 0 spiro atoms. The fourth-order valence-corrected chi connectivity index (χ4v) is 2.30. The first kappa shape index (κ1) is 12.7. The third-order valence-corrected chi connectivity index (χ3v) is 3.30. The zero-order chi connectivity index (χ0) is 12.3. The van der Waals surface area contributed by atoms with Gasteiger partial charge in [0.05, 0.1) is 6.04 Å². The van der Waals surface area contributed by atoms with Crippen LogP contribution >= 0.6 is 11.6 Å². The molecule has 0 unspecified atom stereocenters. The van der Waals surface area contributed by atoms with Gasteiger partial charge in [-0.15, -0.1) is 0 Å².